The van der Waals surface area contributed by atoms with Crippen LogP contribution in [-0.4, -0.2) is 67.9 Å². The van der Waals surface area contributed by atoms with E-state index in [0.717, 1.165) is 24.4 Å². The van der Waals surface area contributed by atoms with E-state index in [1.54, 1.807) is 0 Å². The lowest BCUT2D eigenvalue weighted by Gasteiger charge is -2.37. The van der Waals surface area contributed by atoms with E-state index in [1.165, 1.54) is 11.3 Å². The summed E-state index contributed by atoms with van der Waals surface area (Å²) < 4.78 is 23.0. The second-order valence-electron chi connectivity index (χ2n) is 5.36. The zero-order valence-electron chi connectivity index (χ0n) is 11.2. The van der Waals surface area contributed by atoms with Gasteiger partial charge in [0.15, 0.2) is 9.84 Å². The van der Waals surface area contributed by atoms with Crippen molar-refractivity contribution >= 4 is 27.1 Å². The molecule has 0 aromatic carbocycles. The van der Waals surface area contributed by atoms with E-state index < -0.39 is 9.84 Å². The van der Waals surface area contributed by atoms with Gasteiger partial charge in [0.05, 0.1) is 16.4 Å². The molecule has 0 saturated carbocycles. The molecule has 1 atom stereocenters. The minimum absolute atomic E-state index is 0.0960. The lowest BCUT2D eigenvalue weighted by atomic mass is 10.2. The molecular weight excluding hydrogens is 296 g/mol. The molecule has 3 heterocycles. The fraction of sp³-hybridized carbons (Fsp3) is 0.615. The molecular formula is C13H18N2O3S2. The number of carbonyl (C=O) groups is 1. The fourth-order valence-corrected chi connectivity index (χ4v) is 5.36. The van der Waals surface area contributed by atoms with Crippen molar-refractivity contribution in [3.8, 4) is 0 Å². The van der Waals surface area contributed by atoms with E-state index in [4.69, 9.17) is 0 Å². The van der Waals surface area contributed by atoms with Gasteiger partial charge in [-0.1, -0.05) is 6.07 Å². The summed E-state index contributed by atoms with van der Waals surface area (Å²) in [6.07, 6.45) is 0.737. The van der Waals surface area contributed by atoms with Crippen molar-refractivity contribution in [2.45, 2.75) is 12.5 Å². The Labute approximate surface area is 123 Å². The fourth-order valence-electron chi connectivity index (χ4n) is 2.91. The highest BCUT2D eigenvalue weighted by molar-refractivity contribution is 7.91. The number of sulfone groups is 1. The van der Waals surface area contributed by atoms with Crippen LogP contribution in [0.4, 0.5) is 0 Å². The Bertz CT molecular complexity index is 575. The first-order valence-corrected chi connectivity index (χ1v) is 9.52. The molecule has 110 valence electrons. The molecule has 0 bridgehead atoms. The number of amides is 1. The summed E-state index contributed by atoms with van der Waals surface area (Å²) in [5.41, 5.74) is 0. The van der Waals surface area contributed by atoms with Gasteiger partial charge in [-0.05, 0) is 17.9 Å². The van der Waals surface area contributed by atoms with Crippen LogP contribution >= 0.6 is 11.3 Å². The van der Waals surface area contributed by atoms with Gasteiger partial charge < -0.3 is 4.90 Å². The lowest BCUT2D eigenvalue weighted by molar-refractivity contribution is 0.0592. The predicted octanol–water partition coefficient (Wildman–Crippen LogP) is 0.693. The molecule has 2 fully saturated rings. The smallest absolute Gasteiger partial charge is 0.264 e. The quantitative estimate of drug-likeness (QED) is 0.806. The van der Waals surface area contributed by atoms with Crippen LogP contribution in [0.1, 0.15) is 16.1 Å². The Hall–Kier alpha value is -0.920. The Morgan fingerprint density at radius 1 is 1.25 bits per heavy atom. The highest BCUT2D eigenvalue weighted by Gasteiger charge is 2.34. The van der Waals surface area contributed by atoms with Crippen LogP contribution < -0.4 is 0 Å². The first kappa shape index (κ1) is 14.0. The van der Waals surface area contributed by atoms with Crippen molar-refractivity contribution in [3.05, 3.63) is 22.4 Å². The molecule has 2 aliphatic heterocycles. The molecule has 7 heteroatoms. The van der Waals surface area contributed by atoms with E-state index >= 15 is 0 Å². The third-order valence-corrected chi connectivity index (χ3v) is 6.67. The minimum atomic E-state index is -2.83. The van der Waals surface area contributed by atoms with Crippen LogP contribution in [0.3, 0.4) is 0 Å². The monoisotopic (exact) mass is 314 g/mol. The SMILES string of the molecule is O=C(c1cccs1)N1CCN([C@H]2CCS(=O)(=O)C2)CC1. The Morgan fingerprint density at radius 3 is 2.55 bits per heavy atom. The average molecular weight is 314 g/mol. The van der Waals surface area contributed by atoms with E-state index in [-0.39, 0.29) is 17.7 Å². The van der Waals surface area contributed by atoms with Crippen molar-refractivity contribution in [2.75, 3.05) is 37.7 Å². The van der Waals surface area contributed by atoms with Gasteiger partial charge in [0.1, 0.15) is 0 Å². The van der Waals surface area contributed by atoms with Crippen LogP contribution in [0.2, 0.25) is 0 Å². The van der Waals surface area contributed by atoms with E-state index in [2.05, 4.69) is 4.90 Å². The number of rotatable bonds is 2. The Kier molecular flexibility index (Phi) is 3.83. The third-order valence-electron chi connectivity index (χ3n) is 4.06. The largest absolute Gasteiger partial charge is 0.335 e. The van der Waals surface area contributed by atoms with Crippen molar-refractivity contribution in [2.24, 2.45) is 0 Å². The maximum absolute atomic E-state index is 12.2. The highest BCUT2D eigenvalue weighted by atomic mass is 32.2. The molecule has 0 aliphatic carbocycles. The molecule has 3 rings (SSSR count). The van der Waals surface area contributed by atoms with Crippen molar-refractivity contribution in [3.63, 3.8) is 0 Å². The Balaban J connectivity index is 1.56. The predicted molar refractivity (Wildman–Crippen MR) is 78.9 cm³/mol. The number of carbonyl (C=O) groups excluding carboxylic acids is 1. The Morgan fingerprint density at radius 2 is 2.00 bits per heavy atom. The third kappa shape index (κ3) is 2.89. The molecule has 20 heavy (non-hydrogen) atoms. The molecule has 1 aromatic rings. The van der Waals surface area contributed by atoms with Crippen molar-refractivity contribution in [1.29, 1.82) is 0 Å². The van der Waals surface area contributed by atoms with Gasteiger partial charge in [-0.15, -0.1) is 11.3 Å². The number of hydrogen-bond acceptors (Lipinski definition) is 5. The molecule has 0 unspecified atom stereocenters. The standard InChI is InChI=1S/C13H18N2O3S2/c16-13(12-2-1-8-19-12)15-6-4-14(5-7-15)11-3-9-20(17,18)10-11/h1-2,8,11H,3-7,9-10H2/t11-/m0/s1. The summed E-state index contributed by atoms with van der Waals surface area (Å²) in [5, 5.41) is 1.91. The summed E-state index contributed by atoms with van der Waals surface area (Å²) in [6.45, 7) is 2.93. The van der Waals surface area contributed by atoms with Crippen LogP contribution in [-0.2, 0) is 9.84 Å². The highest BCUT2D eigenvalue weighted by Crippen LogP contribution is 2.20. The molecule has 2 saturated heterocycles. The van der Waals surface area contributed by atoms with Gasteiger partial charge in [0.2, 0.25) is 0 Å². The normalized spacial score (nSPS) is 26.8. The van der Waals surface area contributed by atoms with E-state index in [0.29, 0.717) is 18.8 Å². The first-order valence-electron chi connectivity index (χ1n) is 6.82. The topological polar surface area (TPSA) is 57.7 Å². The molecule has 2 aliphatic rings. The van der Waals surface area contributed by atoms with Gasteiger partial charge >= 0.3 is 0 Å². The maximum Gasteiger partial charge on any atom is 0.264 e. The lowest BCUT2D eigenvalue weighted by Crippen LogP contribution is -2.52. The van der Waals surface area contributed by atoms with Crippen LogP contribution in [0.5, 0.6) is 0 Å². The van der Waals surface area contributed by atoms with Crippen LogP contribution in [0.25, 0.3) is 0 Å². The molecule has 1 amide bonds. The second kappa shape index (κ2) is 5.46. The van der Waals surface area contributed by atoms with Crippen molar-refractivity contribution < 1.29 is 13.2 Å². The summed E-state index contributed by atoms with van der Waals surface area (Å²) >= 11 is 1.47. The molecule has 0 N–H and O–H groups in total. The molecule has 0 radical (unpaired) electrons. The number of nitrogens with zero attached hydrogens (tertiary/aromatic N) is 2. The number of hydrogen-bond donors (Lipinski definition) is 0. The van der Waals surface area contributed by atoms with Gasteiger partial charge in [-0.3, -0.25) is 9.69 Å². The first-order chi connectivity index (χ1) is 9.55. The summed E-state index contributed by atoms with van der Waals surface area (Å²) in [5.74, 6) is 0.691. The molecule has 0 spiro atoms. The maximum atomic E-state index is 12.2. The van der Waals surface area contributed by atoms with Gasteiger partial charge in [0.25, 0.3) is 5.91 Å². The molecule has 5 nitrogen and oxygen atoms in total. The summed E-state index contributed by atoms with van der Waals surface area (Å²) in [6, 6.07) is 3.89. The summed E-state index contributed by atoms with van der Waals surface area (Å²) in [4.78, 5) is 17.1. The van der Waals surface area contributed by atoms with Crippen molar-refractivity contribution in [1.82, 2.24) is 9.80 Å². The zero-order chi connectivity index (χ0) is 14.2. The van der Waals surface area contributed by atoms with E-state index in [1.807, 2.05) is 22.4 Å². The van der Waals surface area contributed by atoms with Gasteiger partial charge in [-0.2, -0.15) is 0 Å². The number of thiophene rings is 1. The van der Waals surface area contributed by atoms with Gasteiger partial charge in [0, 0.05) is 32.2 Å². The second-order valence-corrected chi connectivity index (χ2v) is 8.54. The summed E-state index contributed by atoms with van der Waals surface area (Å²) in [7, 11) is -2.83. The average Bonchev–Trinajstić information content (AvgIpc) is 3.07. The minimum Gasteiger partial charge on any atom is -0.335 e. The molecule has 1 aromatic heterocycles. The van der Waals surface area contributed by atoms with Crippen LogP contribution in [0.15, 0.2) is 17.5 Å². The zero-order valence-corrected chi connectivity index (χ0v) is 12.8. The van der Waals surface area contributed by atoms with Crippen LogP contribution in [0, 0.1) is 0 Å². The van der Waals surface area contributed by atoms with Gasteiger partial charge in [-0.25, -0.2) is 8.42 Å². The number of piperazine rings is 1. The van der Waals surface area contributed by atoms with E-state index in [9.17, 15) is 13.2 Å².